The number of hydrogen-bond donors (Lipinski definition) is 0. The fourth-order valence-electron chi connectivity index (χ4n) is 3.09. The molecule has 0 bridgehead atoms. The summed E-state index contributed by atoms with van der Waals surface area (Å²) in [6.07, 6.45) is -0.142. The molecule has 0 fully saturated rings. The van der Waals surface area contributed by atoms with Gasteiger partial charge >= 0.3 is 0 Å². The maximum absolute atomic E-state index is 13.1. The summed E-state index contributed by atoms with van der Waals surface area (Å²) < 4.78 is 26.2. The van der Waals surface area contributed by atoms with Gasteiger partial charge in [-0.3, -0.25) is 0 Å². The van der Waals surface area contributed by atoms with E-state index in [0.29, 0.717) is 35.3 Å². The Kier molecular flexibility index (Phi) is 4.14. The lowest BCUT2D eigenvalue weighted by molar-refractivity contribution is -0.00117. The van der Waals surface area contributed by atoms with E-state index >= 15 is 0 Å². The van der Waals surface area contributed by atoms with Crippen molar-refractivity contribution in [1.82, 2.24) is 25.1 Å². The zero-order valence-corrected chi connectivity index (χ0v) is 15.2. The van der Waals surface area contributed by atoms with Crippen molar-refractivity contribution in [3.05, 3.63) is 70.6 Å². The second-order valence-electron chi connectivity index (χ2n) is 6.35. The van der Waals surface area contributed by atoms with Crippen molar-refractivity contribution in [3.8, 4) is 23.0 Å². The van der Waals surface area contributed by atoms with Crippen LogP contribution in [0.2, 0.25) is 5.02 Å². The maximum Gasteiger partial charge on any atom is 0.280 e. The number of fused-ring (bicyclic) bond motifs is 1. The molecule has 1 unspecified atom stereocenters. The summed E-state index contributed by atoms with van der Waals surface area (Å²) in [4.78, 5) is 4.36. The Morgan fingerprint density at radius 3 is 2.64 bits per heavy atom. The van der Waals surface area contributed by atoms with Crippen LogP contribution in [-0.4, -0.2) is 25.1 Å². The largest absolute Gasteiger partial charge is 0.365 e. The van der Waals surface area contributed by atoms with E-state index in [1.807, 2.05) is 24.3 Å². The molecule has 3 heterocycles. The molecule has 0 aliphatic carbocycles. The average molecular weight is 398 g/mol. The third kappa shape index (κ3) is 3.06. The first-order valence-corrected chi connectivity index (χ1v) is 8.94. The first-order chi connectivity index (χ1) is 13.7. The topological polar surface area (TPSA) is 78.9 Å². The van der Waals surface area contributed by atoms with Gasteiger partial charge in [0.05, 0.1) is 18.8 Å². The molecule has 4 aromatic rings. The lowest BCUT2D eigenvalue weighted by Crippen LogP contribution is -2.22. The Bertz CT molecular complexity index is 1120. The minimum absolute atomic E-state index is 0.142. The Hall–Kier alpha value is -3.10. The van der Waals surface area contributed by atoms with Crippen LogP contribution in [0, 0.1) is 5.82 Å². The van der Waals surface area contributed by atoms with Gasteiger partial charge in [-0.05, 0) is 42.0 Å². The third-order valence-corrected chi connectivity index (χ3v) is 4.82. The van der Waals surface area contributed by atoms with Crippen molar-refractivity contribution in [1.29, 1.82) is 0 Å². The standard InChI is InChI=1S/C19H13ClFN5O2/c20-13-5-1-11(2-6-13)16-9-26-15(10-27-16)17(23-25-26)19-22-18(24-28-19)12-3-7-14(21)8-4-12/h1-8,16H,9-10H2. The van der Waals surface area contributed by atoms with Gasteiger partial charge in [0, 0.05) is 10.6 Å². The van der Waals surface area contributed by atoms with Crippen molar-refractivity contribution in [2.45, 2.75) is 19.3 Å². The summed E-state index contributed by atoms with van der Waals surface area (Å²) in [5, 5.41) is 13.0. The first-order valence-electron chi connectivity index (χ1n) is 8.57. The fourth-order valence-corrected chi connectivity index (χ4v) is 3.22. The molecule has 0 saturated heterocycles. The van der Waals surface area contributed by atoms with Crippen molar-refractivity contribution in [3.63, 3.8) is 0 Å². The molecule has 0 saturated carbocycles. The molecule has 0 spiro atoms. The Balaban J connectivity index is 1.41. The van der Waals surface area contributed by atoms with Crippen molar-refractivity contribution < 1.29 is 13.7 Å². The zero-order valence-electron chi connectivity index (χ0n) is 14.4. The Morgan fingerprint density at radius 2 is 1.86 bits per heavy atom. The monoisotopic (exact) mass is 397 g/mol. The molecule has 5 rings (SSSR count). The van der Waals surface area contributed by atoms with E-state index in [4.69, 9.17) is 20.9 Å². The second kappa shape index (κ2) is 6.81. The number of hydrogen-bond acceptors (Lipinski definition) is 6. The number of aromatic nitrogens is 5. The Morgan fingerprint density at radius 1 is 1.07 bits per heavy atom. The number of rotatable bonds is 3. The van der Waals surface area contributed by atoms with Gasteiger partial charge in [0.1, 0.15) is 11.9 Å². The van der Waals surface area contributed by atoms with Gasteiger partial charge < -0.3 is 9.26 Å². The molecule has 7 nitrogen and oxygen atoms in total. The number of benzene rings is 2. The summed E-state index contributed by atoms with van der Waals surface area (Å²) in [5.41, 5.74) is 2.91. The van der Waals surface area contributed by atoms with Gasteiger partial charge in [-0.1, -0.05) is 34.1 Å². The van der Waals surface area contributed by atoms with Crippen molar-refractivity contribution in [2.75, 3.05) is 0 Å². The van der Waals surface area contributed by atoms with E-state index in [1.54, 1.807) is 16.8 Å². The molecule has 0 radical (unpaired) electrons. The van der Waals surface area contributed by atoms with Crippen LogP contribution in [0.25, 0.3) is 23.0 Å². The average Bonchev–Trinajstić information content (AvgIpc) is 3.35. The van der Waals surface area contributed by atoms with E-state index in [1.165, 1.54) is 12.1 Å². The highest BCUT2D eigenvalue weighted by Crippen LogP contribution is 2.31. The predicted octanol–water partition coefficient (Wildman–Crippen LogP) is 4.06. The third-order valence-electron chi connectivity index (χ3n) is 4.57. The minimum Gasteiger partial charge on any atom is -0.365 e. The summed E-state index contributed by atoms with van der Waals surface area (Å²) in [6, 6.07) is 13.4. The van der Waals surface area contributed by atoms with E-state index in [9.17, 15) is 4.39 Å². The van der Waals surface area contributed by atoms with E-state index < -0.39 is 0 Å². The molecule has 1 aliphatic rings. The molecule has 2 aromatic heterocycles. The van der Waals surface area contributed by atoms with Crippen LogP contribution >= 0.6 is 11.6 Å². The zero-order chi connectivity index (χ0) is 19.1. The highest BCUT2D eigenvalue weighted by molar-refractivity contribution is 6.30. The predicted molar refractivity (Wildman–Crippen MR) is 97.7 cm³/mol. The number of ether oxygens (including phenoxy) is 1. The normalized spacial score (nSPS) is 16.1. The van der Waals surface area contributed by atoms with E-state index in [-0.39, 0.29) is 17.8 Å². The first kappa shape index (κ1) is 17.0. The number of nitrogens with zero attached hydrogens (tertiary/aromatic N) is 5. The molecule has 0 N–H and O–H groups in total. The van der Waals surface area contributed by atoms with Crippen LogP contribution in [0.3, 0.4) is 0 Å². The van der Waals surface area contributed by atoms with Crippen molar-refractivity contribution in [2.24, 2.45) is 0 Å². The van der Waals surface area contributed by atoms with Gasteiger partial charge in [-0.2, -0.15) is 4.98 Å². The lowest BCUT2D eigenvalue weighted by atomic mass is 10.1. The van der Waals surface area contributed by atoms with E-state index in [2.05, 4.69) is 20.5 Å². The molecular formula is C19H13ClFN5O2. The number of halogens is 2. The van der Waals surface area contributed by atoms with Crippen LogP contribution in [0.5, 0.6) is 0 Å². The molecular weight excluding hydrogens is 385 g/mol. The summed E-state index contributed by atoms with van der Waals surface area (Å²) in [6.45, 7) is 0.826. The van der Waals surface area contributed by atoms with Crippen LogP contribution in [0.15, 0.2) is 53.1 Å². The maximum atomic E-state index is 13.1. The summed E-state index contributed by atoms with van der Waals surface area (Å²) in [7, 11) is 0. The minimum atomic E-state index is -0.327. The van der Waals surface area contributed by atoms with E-state index in [0.717, 1.165) is 11.3 Å². The van der Waals surface area contributed by atoms with Gasteiger partial charge in [0.15, 0.2) is 5.69 Å². The highest BCUT2D eigenvalue weighted by Gasteiger charge is 2.28. The summed E-state index contributed by atoms with van der Waals surface area (Å²) >= 11 is 5.95. The molecule has 2 aromatic carbocycles. The quantitative estimate of drug-likeness (QED) is 0.518. The molecule has 1 atom stereocenters. The summed E-state index contributed by atoms with van der Waals surface area (Å²) in [5.74, 6) is 0.272. The molecule has 28 heavy (non-hydrogen) atoms. The molecule has 140 valence electrons. The Labute approximate surface area is 163 Å². The van der Waals surface area contributed by atoms with Gasteiger partial charge in [0.25, 0.3) is 5.89 Å². The van der Waals surface area contributed by atoms with Crippen LogP contribution in [0.1, 0.15) is 17.4 Å². The molecule has 0 amide bonds. The van der Waals surface area contributed by atoms with Gasteiger partial charge in [-0.15, -0.1) is 5.10 Å². The van der Waals surface area contributed by atoms with Crippen LogP contribution < -0.4 is 0 Å². The van der Waals surface area contributed by atoms with Gasteiger partial charge in [-0.25, -0.2) is 9.07 Å². The second-order valence-corrected chi connectivity index (χ2v) is 6.78. The highest BCUT2D eigenvalue weighted by atomic mass is 35.5. The SMILES string of the molecule is Fc1ccc(-c2noc(-c3nnn4c3COC(c3ccc(Cl)cc3)C4)n2)cc1. The lowest BCUT2D eigenvalue weighted by Gasteiger charge is -2.24. The molecule has 1 aliphatic heterocycles. The smallest absolute Gasteiger partial charge is 0.280 e. The van der Waals surface area contributed by atoms with Crippen LogP contribution in [-0.2, 0) is 17.9 Å². The van der Waals surface area contributed by atoms with Crippen LogP contribution in [0.4, 0.5) is 4.39 Å². The van der Waals surface area contributed by atoms with Gasteiger partial charge in [0.2, 0.25) is 5.82 Å². The van der Waals surface area contributed by atoms with Crippen molar-refractivity contribution >= 4 is 11.6 Å². The fraction of sp³-hybridized carbons (Fsp3) is 0.158. The molecule has 9 heteroatoms.